The predicted molar refractivity (Wildman–Crippen MR) is 48.1 cm³/mol. The van der Waals surface area contributed by atoms with Gasteiger partial charge >= 0.3 is 0 Å². The van der Waals surface area contributed by atoms with Crippen molar-refractivity contribution in [3.05, 3.63) is 10.8 Å². The molecule has 2 aromatic rings. The van der Waals surface area contributed by atoms with Crippen molar-refractivity contribution in [3.63, 3.8) is 0 Å². The summed E-state index contributed by atoms with van der Waals surface area (Å²) >= 11 is 1.25. The summed E-state index contributed by atoms with van der Waals surface area (Å²) in [6.45, 7) is 4.02. The fourth-order valence-corrected chi connectivity index (χ4v) is 1.71. The molecule has 0 aliphatic rings. The van der Waals surface area contributed by atoms with Crippen LogP contribution in [-0.4, -0.2) is 26.1 Å². The number of nitrogens with zero attached hydrogens (tertiary/aromatic N) is 4. The van der Waals surface area contributed by atoms with Gasteiger partial charge in [-0.3, -0.25) is 4.79 Å². The average Bonchev–Trinajstić information content (AvgIpc) is 2.59. The zero-order valence-electron chi connectivity index (χ0n) is 7.26. The Morgan fingerprint density at radius 2 is 2.23 bits per heavy atom. The van der Waals surface area contributed by atoms with Crippen molar-refractivity contribution < 1.29 is 4.79 Å². The molecule has 0 saturated heterocycles. The molecule has 0 N–H and O–H groups in total. The quantitative estimate of drug-likeness (QED) is 0.675. The van der Waals surface area contributed by atoms with Gasteiger partial charge in [0.2, 0.25) is 4.96 Å². The Kier molecular flexibility index (Phi) is 1.84. The van der Waals surface area contributed by atoms with E-state index in [0.29, 0.717) is 9.97 Å². The van der Waals surface area contributed by atoms with E-state index in [1.54, 1.807) is 4.52 Å². The van der Waals surface area contributed by atoms with E-state index in [1.807, 2.05) is 13.8 Å². The lowest BCUT2D eigenvalue weighted by Crippen LogP contribution is -1.98. The summed E-state index contributed by atoms with van der Waals surface area (Å²) in [6.07, 6.45) is 0.726. The van der Waals surface area contributed by atoms with E-state index in [4.69, 9.17) is 0 Å². The van der Waals surface area contributed by atoms with Gasteiger partial charge in [0.15, 0.2) is 17.1 Å². The highest BCUT2D eigenvalue weighted by atomic mass is 32.1. The van der Waals surface area contributed by atoms with Crippen LogP contribution in [0.15, 0.2) is 0 Å². The van der Waals surface area contributed by atoms with Crippen LogP contribution in [0, 0.1) is 0 Å². The Hall–Kier alpha value is -1.30. The third-order valence-corrected chi connectivity index (χ3v) is 2.47. The molecular weight excluding hydrogens is 188 g/mol. The molecule has 2 rings (SSSR count). The molecule has 5 nitrogen and oxygen atoms in total. The standard InChI is InChI=1S/C7H8N4OS/c1-4(2)6-8-9-7-11(6)10-5(3-12)13-7/h3-4H,1-2H3. The van der Waals surface area contributed by atoms with Gasteiger partial charge in [0.1, 0.15) is 0 Å². The second kappa shape index (κ2) is 2.88. The van der Waals surface area contributed by atoms with E-state index >= 15 is 0 Å². The van der Waals surface area contributed by atoms with E-state index in [0.717, 1.165) is 12.1 Å². The first kappa shape index (κ1) is 8.31. The van der Waals surface area contributed by atoms with Crippen molar-refractivity contribution in [2.45, 2.75) is 19.8 Å². The smallest absolute Gasteiger partial charge is 0.235 e. The maximum Gasteiger partial charge on any atom is 0.235 e. The van der Waals surface area contributed by atoms with Gasteiger partial charge < -0.3 is 0 Å². The number of carbonyl (C=O) groups is 1. The monoisotopic (exact) mass is 196 g/mol. The van der Waals surface area contributed by atoms with E-state index in [1.165, 1.54) is 11.3 Å². The van der Waals surface area contributed by atoms with Crippen LogP contribution in [-0.2, 0) is 0 Å². The van der Waals surface area contributed by atoms with E-state index in [9.17, 15) is 4.79 Å². The maximum absolute atomic E-state index is 10.4. The number of hydrogen-bond acceptors (Lipinski definition) is 5. The summed E-state index contributed by atoms with van der Waals surface area (Å²) in [6, 6.07) is 0. The molecule has 0 aliphatic heterocycles. The molecule has 6 heteroatoms. The van der Waals surface area contributed by atoms with Crippen molar-refractivity contribution in [2.75, 3.05) is 0 Å². The van der Waals surface area contributed by atoms with Crippen LogP contribution < -0.4 is 0 Å². The Bertz CT molecular complexity index is 444. The molecule has 0 spiro atoms. The van der Waals surface area contributed by atoms with Crippen LogP contribution in [0.3, 0.4) is 0 Å². The molecule has 0 atom stereocenters. The van der Waals surface area contributed by atoms with Gasteiger partial charge in [-0.05, 0) is 0 Å². The van der Waals surface area contributed by atoms with Crippen LogP contribution >= 0.6 is 11.3 Å². The molecule has 0 fully saturated rings. The molecule has 0 aromatic carbocycles. The largest absolute Gasteiger partial charge is 0.295 e. The topological polar surface area (TPSA) is 60.2 Å². The van der Waals surface area contributed by atoms with E-state index in [-0.39, 0.29) is 5.92 Å². The SMILES string of the molecule is CC(C)c1nnc2sc(C=O)nn12. The van der Waals surface area contributed by atoms with Crippen molar-refractivity contribution >= 4 is 22.6 Å². The molecular formula is C7H8N4OS. The lowest BCUT2D eigenvalue weighted by Gasteiger charge is -1.96. The molecule has 68 valence electrons. The Morgan fingerprint density at radius 3 is 2.85 bits per heavy atom. The molecule has 0 saturated carbocycles. The average molecular weight is 196 g/mol. The molecule has 2 heterocycles. The fourth-order valence-electron chi connectivity index (χ4n) is 1.05. The van der Waals surface area contributed by atoms with Crippen LogP contribution in [0.1, 0.15) is 35.4 Å². The maximum atomic E-state index is 10.4. The van der Waals surface area contributed by atoms with Gasteiger partial charge in [0.25, 0.3) is 0 Å². The summed E-state index contributed by atoms with van der Waals surface area (Å²) in [5.74, 6) is 1.05. The van der Waals surface area contributed by atoms with Crippen LogP contribution in [0.4, 0.5) is 0 Å². The van der Waals surface area contributed by atoms with Crippen molar-refractivity contribution in [1.29, 1.82) is 0 Å². The molecule has 0 bridgehead atoms. The summed E-state index contributed by atoms with van der Waals surface area (Å²) in [7, 11) is 0. The fraction of sp³-hybridized carbons (Fsp3) is 0.429. The van der Waals surface area contributed by atoms with Crippen molar-refractivity contribution in [2.24, 2.45) is 0 Å². The Morgan fingerprint density at radius 1 is 1.46 bits per heavy atom. The first-order valence-corrected chi connectivity index (χ1v) is 4.71. The van der Waals surface area contributed by atoms with Gasteiger partial charge in [-0.1, -0.05) is 25.2 Å². The predicted octanol–water partition coefficient (Wildman–Crippen LogP) is 1.12. The number of aldehydes is 1. The highest BCUT2D eigenvalue weighted by Crippen LogP contribution is 2.16. The lowest BCUT2D eigenvalue weighted by atomic mass is 10.2. The molecule has 0 unspecified atom stereocenters. The van der Waals surface area contributed by atoms with Gasteiger partial charge in [-0.2, -0.15) is 4.52 Å². The second-order valence-corrected chi connectivity index (χ2v) is 3.95. The van der Waals surface area contributed by atoms with Crippen LogP contribution in [0.2, 0.25) is 0 Å². The minimum Gasteiger partial charge on any atom is -0.295 e. The van der Waals surface area contributed by atoms with Crippen molar-refractivity contribution in [3.8, 4) is 0 Å². The Balaban J connectivity index is 2.65. The van der Waals surface area contributed by atoms with Crippen LogP contribution in [0.5, 0.6) is 0 Å². The molecule has 0 aliphatic carbocycles. The molecule has 13 heavy (non-hydrogen) atoms. The third kappa shape index (κ3) is 1.23. The number of aromatic nitrogens is 4. The third-order valence-electron chi connectivity index (χ3n) is 1.65. The number of carbonyl (C=O) groups excluding carboxylic acids is 1. The van der Waals surface area contributed by atoms with Crippen LogP contribution in [0.25, 0.3) is 4.96 Å². The van der Waals surface area contributed by atoms with Gasteiger partial charge in [-0.15, -0.1) is 15.3 Å². The van der Waals surface area contributed by atoms with Gasteiger partial charge in [0.05, 0.1) is 0 Å². The summed E-state index contributed by atoms with van der Waals surface area (Å²) in [4.78, 5) is 11.1. The minimum atomic E-state index is 0.261. The first-order chi connectivity index (χ1) is 6.22. The van der Waals surface area contributed by atoms with E-state index in [2.05, 4.69) is 15.3 Å². The summed E-state index contributed by atoms with van der Waals surface area (Å²) < 4.78 is 1.62. The number of fused-ring (bicyclic) bond motifs is 1. The second-order valence-electron chi connectivity index (χ2n) is 2.97. The first-order valence-electron chi connectivity index (χ1n) is 3.89. The minimum absolute atomic E-state index is 0.261. The number of rotatable bonds is 2. The van der Waals surface area contributed by atoms with E-state index < -0.39 is 0 Å². The zero-order valence-corrected chi connectivity index (χ0v) is 8.08. The zero-order chi connectivity index (χ0) is 9.42. The van der Waals surface area contributed by atoms with Gasteiger partial charge in [-0.25, -0.2) is 0 Å². The lowest BCUT2D eigenvalue weighted by molar-refractivity contribution is 0.112. The highest BCUT2D eigenvalue weighted by molar-refractivity contribution is 7.18. The Labute approximate surface area is 78.4 Å². The highest BCUT2D eigenvalue weighted by Gasteiger charge is 2.13. The molecule has 2 aromatic heterocycles. The number of hydrogen-bond donors (Lipinski definition) is 0. The molecule has 0 amide bonds. The normalized spacial score (nSPS) is 11.3. The molecule has 0 radical (unpaired) electrons. The van der Waals surface area contributed by atoms with Crippen molar-refractivity contribution in [1.82, 2.24) is 19.8 Å². The summed E-state index contributed by atoms with van der Waals surface area (Å²) in [5, 5.41) is 12.4. The van der Waals surface area contributed by atoms with Gasteiger partial charge in [0, 0.05) is 5.92 Å². The summed E-state index contributed by atoms with van der Waals surface area (Å²) in [5.41, 5.74) is 0.